The number of nitrogens with zero attached hydrogens (tertiary/aromatic N) is 1. The lowest BCUT2D eigenvalue weighted by atomic mass is 10.0. The number of nitrogens with one attached hydrogen (secondary N) is 1. The molecule has 0 atom stereocenters. The summed E-state index contributed by atoms with van der Waals surface area (Å²) in [5.41, 5.74) is -0.406. The molecule has 0 aromatic heterocycles. The standard InChI is InChI=1S/C14H13F3N2O/c1-10(20)19-7-3-2-4-11-8-13(14(15,16)17)6-5-12(11)9-18/h2,4-6,8H,3,7H2,1H3,(H,19,20). The third kappa shape index (κ3) is 4.76. The molecule has 6 heteroatoms. The number of carbonyl (C=O) groups excluding carboxylic acids is 1. The van der Waals surface area contributed by atoms with E-state index in [0.29, 0.717) is 13.0 Å². The van der Waals surface area contributed by atoms with Crippen molar-refractivity contribution >= 4 is 12.0 Å². The summed E-state index contributed by atoms with van der Waals surface area (Å²) in [5, 5.41) is 11.4. The molecule has 0 saturated carbocycles. The lowest BCUT2D eigenvalue weighted by Crippen LogP contribution is -2.20. The largest absolute Gasteiger partial charge is 0.416 e. The summed E-state index contributed by atoms with van der Waals surface area (Å²) in [7, 11) is 0. The van der Waals surface area contributed by atoms with Crippen LogP contribution in [-0.4, -0.2) is 12.5 Å². The Morgan fingerprint density at radius 1 is 1.45 bits per heavy atom. The number of hydrogen-bond donors (Lipinski definition) is 1. The molecule has 0 bridgehead atoms. The molecule has 0 spiro atoms. The number of alkyl halides is 3. The highest BCUT2D eigenvalue weighted by atomic mass is 19.4. The topological polar surface area (TPSA) is 52.9 Å². The van der Waals surface area contributed by atoms with Crippen molar-refractivity contribution in [1.29, 1.82) is 5.26 Å². The second-order valence-corrected chi connectivity index (χ2v) is 4.09. The maximum absolute atomic E-state index is 12.6. The van der Waals surface area contributed by atoms with Crippen LogP contribution >= 0.6 is 0 Å². The number of amides is 1. The van der Waals surface area contributed by atoms with Crippen molar-refractivity contribution in [2.24, 2.45) is 0 Å². The molecule has 1 aromatic rings. The minimum Gasteiger partial charge on any atom is -0.356 e. The van der Waals surface area contributed by atoms with E-state index >= 15 is 0 Å². The van der Waals surface area contributed by atoms with Crippen LogP contribution in [0, 0.1) is 11.3 Å². The molecule has 0 fully saturated rings. The molecule has 1 amide bonds. The molecule has 3 nitrogen and oxygen atoms in total. The average Bonchev–Trinajstić information content (AvgIpc) is 2.36. The molecular formula is C14H13F3N2O. The first-order valence-electron chi connectivity index (χ1n) is 5.87. The molecule has 1 N–H and O–H groups in total. The van der Waals surface area contributed by atoms with Gasteiger partial charge in [-0.15, -0.1) is 0 Å². The summed E-state index contributed by atoms with van der Waals surface area (Å²) in [6, 6.07) is 4.81. The van der Waals surface area contributed by atoms with E-state index in [4.69, 9.17) is 5.26 Å². The molecule has 0 radical (unpaired) electrons. The molecule has 0 unspecified atom stereocenters. The first-order valence-corrected chi connectivity index (χ1v) is 5.87. The van der Waals surface area contributed by atoms with Crippen LogP contribution in [0.5, 0.6) is 0 Å². The summed E-state index contributed by atoms with van der Waals surface area (Å²) in [6.07, 6.45) is -0.894. The number of hydrogen-bond acceptors (Lipinski definition) is 2. The second-order valence-electron chi connectivity index (χ2n) is 4.09. The molecule has 0 heterocycles. The van der Waals surface area contributed by atoms with Crippen LogP contribution in [0.4, 0.5) is 13.2 Å². The predicted molar refractivity (Wildman–Crippen MR) is 68.5 cm³/mol. The van der Waals surface area contributed by atoms with Gasteiger partial charge in [0.15, 0.2) is 0 Å². The van der Waals surface area contributed by atoms with Crippen molar-refractivity contribution < 1.29 is 18.0 Å². The van der Waals surface area contributed by atoms with Crippen molar-refractivity contribution in [2.75, 3.05) is 6.54 Å². The Labute approximate surface area is 114 Å². The van der Waals surface area contributed by atoms with Crippen molar-refractivity contribution in [3.8, 4) is 6.07 Å². The van der Waals surface area contributed by atoms with Gasteiger partial charge in [-0.2, -0.15) is 18.4 Å². The van der Waals surface area contributed by atoms with Gasteiger partial charge in [-0.05, 0) is 30.2 Å². The molecular weight excluding hydrogens is 269 g/mol. The van der Waals surface area contributed by atoms with Gasteiger partial charge in [0, 0.05) is 13.5 Å². The highest BCUT2D eigenvalue weighted by Crippen LogP contribution is 2.30. The number of halogens is 3. The molecule has 20 heavy (non-hydrogen) atoms. The molecule has 1 rings (SSSR count). The maximum atomic E-state index is 12.6. The van der Waals surface area contributed by atoms with Crippen LogP contribution in [0.1, 0.15) is 30.0 Å². The summed E-state index contributed by atoms with van der Waals surface area (Å²) >= 11 is 0. The fraction of sp³-hybridized carbons (Fsp3) is 0.286. The normalized spacial score (nSPS) is 11.3. The number of carbonyl (C=O) groups is 1. The first kappa shape index (κ1) is 15.8. The molecule has 1 aromatic carbocycles. The smallest absolute Gasteiger partial charge is 0.356 e. The molecule has 0 aliphatic heterocycles. The van der Waals surface area contributed by atoms with Gasteiger partial charge in [0.25, 0.3) is 0 Å². The second kappa shape index (κ2) is 6.75. The lowest BCUT2D eigenvalue weighted by molar-refractivity contribution is -0.137. The van der Waals surface area contributed by atoms with Gasteiger partial charge < -0.3 is 5.32 Å². The monoisotopic (exact) mass is 282 g/mol. The summed E-state index contributed by atoms with van der Waals surface area (Å²) < 4.78 is 37.7. The van der Waals surface area contributed by atoms with E-state index in [1.807, 2.05) is 6.07 Å². The molecule has 0 aliphatic rings. The fourth-order valence-electron chi connectivity index (χ4n) is 1.52. The van der Waals surface area contributed by atoms with E-state index in [1.165, 1.54) is 13.0 Å². The zero-order valence-electron chi connectivity index (χ0n) is 10.8. The van der Waals surface area contributed by atoms with Crippen molar-refractivity contribution in [1.82, 2.24) is 5.32 Å². The average molecular weight is 282 g/mol. The third-order valence-electron chi connectivity index (χ3n) is 2.48. The first-order chi connectivity index (χ1) is 9.34. The number of benzene rings is 1. The van der Waals surface area contributed by atoms with Crippen LogP contribution in [0.3, 0.4) is 0 Å². The zero-order chi connectivity index (χ0) is 15.2. The van der Waals surface area contributed by atoms with Gasteiger partial charge in [0.2, 0.25) is 5.91 Å². The summed E-state index contributed by atoms with van der Waals surface area (Å²) in [5.74, 6) is -0.171. The van der Waals surface area contributed by atoms with Crippen LogP contribution in [-0.2, 0) is 11.0 Å². The van der Waals surface area contributed by atoms with Crippen LogP contribution in [0.15, 0.2) is 24.3 Å². The Morgan fingerprint density at radius 2 is 2.15 bits per heavy atom. The van der Waals surface area contributed by atoms with Gasteiger partial charge in [-0.1, -0.05) is 12.2 Å². The van der Waals surface area contributed by atoms with Crippen LogP contribution < -0.4 is 5.32 Å². The Kier molecular flexibility index (Phi) is 5.32. The van der Waals surface area contributed by atoms with E-state index < -0.39 is 11.7 Å². The Hall–Kier alpha value is -2.29. The van der Waals surface area contributed by atoms with E-state index in [9.17, 15) is 18.0 Å². The minimum absolute atomic E-state index is 0.171. The minimum atomic E-state index is -4.44. The quantitative estimate of drug-likeness (QED) is 0.863. The van der Waals surface area contributed by atoms with Gasteiger partial charge >= 0.3 is 6.18 Å². The van der Waals surface area contributed by atoms with Crippen molar-refractivity contribution in [3.63, 3.8) is 0 Å². The SMILES string of the molecule is CC(=O)NCCC=Cc1cc(C(F)(F)F)ccc1C#N. The Bertz CT molecular complexity index is 557. The zero-order valence-corrected chi connectivity index (χ0v) is 10.8. The van der Waals surface area contributed by atoms with Crippen LogP contribution in [0.25, 0.3) is 6.08 Å². The van der Waals surface area contributed by atoms with Gasteiger partial charge in [0.1, 0.15) is 0 Å². The van der Waals surface area contributed by atoms with Gasteiger partial charge in [0.05, 0.1) is 17.2 Å². The third-order valence-corrected chi connectivity index (χ3v) is 2.48. The lowest BCUT2D eigenvalue weighted by Gasteiger charge is -2.08. The summed E-state index contributed by atoms with van der Waals surface area (Å²) in [6.45, 7) is 1.77. The molecule has 106 valence electrons. The molecule has 0 aliphatic carbocycles. The Morgan fingerprint density at radius 3 is 2.70 bits per heavy atom. The van der Waals surface area contributed by atoms with E-state index in [1.54, 1.807) is 6.08 Å². The highest BCUT2D eigenvalue weighted by molar-refractivity contribution is 5.72. The molecule has 0 saturated heterocycles. The van der Waals surface area contributed by atoms with E-state index in [2.05, 4.69) is 5.32 Å². The van der Waals surface area contributed by atoms with Crippen molar-refractivity contribution in [2.45, 2.75) is 19.5 Å². The predicted octanol–water partition coefficient (Wildman–Crippen LogP) is 3.12. The summed E-state index contributed by atoms with van der Waals surface area (Å²) in [4.78, 5) is 10.6. The Balaban J connectivity index is 2.84. The van der Waals surface area contributed by atoms with E-state index in [0.717, 1.165) is 18.2 Å². The van der Waals surface area contributed by atoms with Crippen LogP contribution in [0.2, 0.25) is 0 Å². The van der Waals surface area contributed by atoms with Gasteiger partial charge in [-0.25, -0.2) is 0 Å². The highest BCUT2D eigenvalue weighted by Gasteiger charge is 2.30. The maximum Gasteiger partial charge on any atom is 0.416 e. The van der Waals surface area contributed by atoms with E-state index in [-0.39, 0.29) is 17.0 Å². The van der Waals surface area contributed by atoms with Gasteiger partial charge in [-0.3, -0.25) is 4.79 Å². The number of rotatable bonds is 4. The number of nitriles is 1. The fourth-order valence-corrected chi connectivity index (χ4v) is 1.52. The van der Waals surface area contributed by atoms with Crippen molar-refractivity contribution in [3.05, 3.63) is 41.0 Å².